The van der Waals surface area contributed by atoms with Crippen molar-refractivity contribution in [1.29, 1.82) is 0 Å². The second-order valence-electron chi connectivity index (χ2n) is 18.4. The third kappa shape index (κ3) is 17.2. The lowest BCUT2D eigenvalue weighted by Gasteiger charge is -2.41. The molecule has 0 saturated carbocycles. The van der Waals surface area contributed by atoms with Gasteiger partial charge in [-0.25, -0.2) is 8.78 Å². The van der Waals surface area contributed by atoms with Crippen LogP contribution in [0.3, 0.4) is 0 Å². The average molecular weight is 1040 g/mol. The highest BCUT2D eigenvalue weighted by Gasteiger charge is 2.38. The second-order valence-corrected chi connectivity index (χ2v) is 18.4. The van der Waals surface area contributed by atoms with E-state index in [4.69, 9.17) is 5.73 Å². The van der Waals surface area contributed by atoms with E-state index in [0.717, 1.165) is 35.9 Å². The zero-order chi connectivity index (χ0) is 54.8. The van der Waals surface area contributed by atoms with Crippen molar-refractivity contribution in [2.24, 2.45) is 11.1 Å². The number of halogens is 2. The molecule has 3 atom stereocenters. The number of nitrogens with two attached hydrogens (primary N) is 1. The molecular formula is C51H59F2N11O11. The quantitative estimate of drug-likeness (QED) is 0.0296. The maximum absolute atomic E-state index is 15.4. The Labute approximate surface area is 429 Å². The van der Waals surface area contributed by atoms with Crippen molar-refractivity contribution in [1.82, 2.24) is 51.3 Å². The predicted octanol–water partition coefficient (Wildman–Crippen LogP) is -0.348. The molecule has 24 heteroatoms. The minimum Gasteiger partial charge on any atom is -0.387 e. The summed E-state index contributed by atoms with van der Waals surface area (Å²) in [5.74, 6) is -9.65. The number of carbonyl (C=O) groups is 10. The van der Waals surface area contributed by atoms with Gasteiger partial charge < -0.3 is 52.2 Å². The summed E-state index contributed by atoms with van der Waals surface area (Å²) in [6, 6.07) is 12.7. The topological polar surface area (TPSA) is 313 Å². The summed E-state index contributed by atoms with van der Waals surface area (Å²) < 4.78 is 31.7. The van der Waals surface area contributed by atoms with Crippen molar-refractivity contribution in [3.63, 3.8) is 0 Å². The number of amides is 10. The van der Waals surface area contributed by atoms with Crippen LogP contribution in [-0.4, -0.2) is 141 Å². The summed E-state index contributed by atoms with van der Waals surface area (Å²) in [4.78, 5) is 135. The maximum atomic E-state index is 15.4. The number of aromatic nitrogens is 2. The van der Waals surface area contributed by atoms with Gasteiger partial charge in [-0.05, 0) is 59.4 Å². The van der Waals surface area contributed by atoms with Crippen LogP contribution in [-0.2, 0) is 60.9 Å². The standard InChI is InChI=1S/C51H59F2N11O11/c1-51(2,3)48(39-22-33(35-23-34(52)9-10-36(35)53)28-62(39)27-32-7-5-4-6-8-32)63(47(73)30-65)20-15-37(49(74)57-19-18-56-44(70)29-64-45(71)11-12-46(64)72)61-50(75)38(24-40(54)66)60-43(69)26-59-42(68)25-58-41(67)21-31-13-16-55-17-14-31/h4-14,16-17,22-23,28,37-38,48,65H,15,18-21,24-27,29-30H2,1-3H3,(H2,54,66)(H,56,70)(H,57,74)(H,58,67)(H,59,68)(H,60,69)(H,61,75). The van der Waals surface area contributed by atoms with Crippen molar-refractivity contribution < 1.29 is 61.8 Å². The maximum Gasteiger partial charge on any atom is 0.254 e. The zero-order valence-corrected chi connectivity index (χ0v) is 41.4. The highest BCUT2D eigenvalue weighted by molar-refractivity contribution is 6.14. The van der Waals surface area contributed by atoms with Crippen LogP contribution in [0, 0.1) is 17.0 Å². The number of benzene rings is 2. The number of aliphatic hydroxyl groups excluding tert-OH is 1. The normalized spacial score (nSPS) is 13.3. The number of hydrogen-bond acceptors (Lipinski definition) is 12. The highest BCUT2D eigenvalue weighted by Crippen LogP contribution is 2.41. The van der Waals surface area contributed by atoms with Gasteiger partial charge in [0, 0.05) is 73.7 Å². The summed E-state index contributed by atoms with van der Waals surface area (Å²) in [5.41, 5.74) is 6.62. The molecule has 1 aliphatic rings. The lowest BCUT2D eigenvalue weighted by Crippen LogP contribution is -2.57. The molecule has 5 rings (SSSR count). The van der Waals surface area contributed by atoms with E-state index < -0.39 is 133 Å². The molecule has 0 aliphatic carbocycles. The van der Waals surface area contributed by atoms with Gasteiger partial charge in [0.2, 0.25) is 47.3 Å². The SMILES string of the molecule is CC(C)(C)C(c1cc(-c2cc(F)ccc2F)cn1Cc1ccccc1)N(CCC(NC(=O)C(CC(N)=O)NC(=O)CNC(=O)CNC(=O)Cc1ccncc1)C(=O)NCCNC(=O)CN1C(=O)C=CC1=O)C(=O)CO. The van der Waals surface area contributed by atoms with E-state index in [-0.39, 0.29) is 43.7 Å². The highest BCUT2D eigenvalue weighted by atomic mass is 19.1. The molecule has 1 aliphatic heterocycles. The molecule has 0 spiro atoms. The number of nitrogens with zero attached hydrogens (tertiary/aromatic N) is 4. The van der Waals surface area contributed by atoms with Crippen LogP contribution in [0.5, 0.6) is 0 Å². The van der Waals surface area contributed by atoms with Crippen molar-refractivity contribution >= 4 is 59.1 Å². The van der Waals surface area contributed by atoms with Crippen LogP contribution >= 0.6 is 0 Å². The number of rotatable bonds is 26. The van der Waals surface area contributed by atoms with Gasteiger partial charge in [0.05, 0.1) is 32.0 Å². The summed E-state index contributed by atoms with van der Waals surface area (Å²) in [5, 5.41) is 24.9. The minimum atomic E-state index is -1.73. The molecule has 2 aromatic carbocycles. The Bertz CT molecular complexity index is 2770. The van der Waals surface area contributed by atoms with E-state index in [9.17, 15) is 57.4 Å². The largest absolute Gasteiger partial charge is 0.387 e. The van der Waals surface area contributed by atoms with Crippen molar-refractivity contribution in [2.45, 2.75) is 64.7 Å². The van der Waals surface area contributed by atoms with Crippen LogP contribution in [0.25, 0.3) is 11.1 Å². The van der Waals surface area contributed by atoms with Gasteiger partial charge in [0.25, 0.3) is 11.8 Å². The van der Waals surface area contributed by atoms with E-state index in [1.54, 1.807) is 49.7 Å². The Hall–Kier alpha value is -8.67. The first-order chi connectivity index (χ1) is 35.6. The molecule has 3 unspecified atom stereocenters. The number of primary amides is 1. The fourth-order valence-electron chi connectivity index (χ4n) is 8.03. The van der Waals surface area contributed by atoms with E-state index in [2.05, 4.69) is 36.9 Å². The second kappa shape index (κ2) is 26.9. The number of imide groups is 1. The molecule has 0 radical (unpaired) electrons. The van der Waals surface area contributed by atoms with Gasteiger partial charge in [-0.15, -0.1) is 0 Å². The van der Waals surface area contributed by atoms with Crippen LogP contribution < -0.4 is 37.6 Å². The first-order valence-corrected chi connectivity index (χ1v) is 23.6. The predicted molar refractivity (Wildman–Crippen MR) is 264 cm³/mol. The molecular weight excluding hydrogens is 981 g/mol. The summed E-state index contributed by atoms with van der Waals surface area (Å²) >= 11 is 0. The van der Waals surface area contributed by atoms with Crippen LogP contribution in [0.1, 0.15) is 56.5 Å². The molecule has 4 aromatic rings. The van der Waals surface area contributed by atoms with E-state index >= 15 is 4.39 Å². The molecule has 0 saturated heterocycles. The van der Waals surface area contributed by atoms with Gasteiger partial charge >= 0.3 is 0 Å². The smallest absolute Gasteiger partial charge is 0.254 e. The Balaban J connectivity index is 1.38. The first kappa shape index (κ1) is 57.2. The molecule has 3 heterocycles. The van der Waals surface area contributed by atoms with E-state index in [1.165, 1.54) is 17.3 Å². The third-order valence-corrected chi connectivity index (χ3v) is 11.5. The lowest BCUT2D eigenvalue weighted by molar-refractivity contribution is -0.141. The Morgan fingerprint density at radius 2 is 1.40 bits per heavy atom. The Morgan fingerprint density at radius 3 is 2.05 bits per heavy atom. The number of carbonyl (C=O) groups excluding carboxylic acids is 10. The number of nitrogens with one attached hydrogen (secondary N) is 6. The average Bonchev–Trinajstić information content (AvgIpc) is 3.92. The molecule has 0 fully saturated rings. The molecule has 2 aromatic heterocycles. The number of aliphatic hydroxyl groups is 1. The summed E-state index contributed by atoms with van der Waals surface area (Å²) in [6.07, 6.45) is 5.37. The van der Waals surface area contributed by atoms with Gasteiger partial charge in [-0.3, -0.25) is 57.8 Å². The van der Waals surface area contributed by atoms with Gasteiger partial charge in [-0.1, -0.05) is 51.1 Å². The monoisotopic (exact) mass is 1040 g/mol. The molecule has 75 heavy (non-hydrogen) atoms. The van der Waals surface area contributed by atoms with Crippen LogP contribution in [0.4, 0.5) is 8.78 Å². The van der Waals surface area contributed by atoms with E-state index in [1.807, 2.05) is 30.3 Å². The number of pyridine rings is 1. The molecule has 22 nitrogen and oxygen atoms in total. The first-order valence-electron chi connectivity index (χ1n) is 23.6. The molecule has 9 N–H and O–H groups in total. The third-order valence-electron chi connectivity index (χ3n) is 11.5. The summed E-state index contributed by atoms with van der Waals surface area (Å²) in [7, 11) is 0. The van der Waals surface area contributed by atoms with E-state index in [0.29, 0.717) is 16.2 Å². The van der Waals surface area contributed by atoms with Gasteiger partial charge in [0.15, 0.2) is 0 Å². The Morgan fingerprint density at radius 1 is 0.747 bits per heavy atom. The molecule has 10 amide bonds. The van der Waals surface area contributed by atoms with Crippen LogP contribution in [0.15, 0.2) is 97.5 Å². The minimum absolute atomic E-state index is 0.0455. The van der Waals surface area contributed by atoms with Crippen molar-refractivity contribution in [3.05, 3.63) is 126 Å². The number of hydrogen-bond donors (Lipinski definition) is 8. The van der Waals surface area contributed by atoms with Crippen molar-refractivity contribution in [2.75, 3.05) is 45.9 Å². The van der Waals surface area contributed by atoms with Gasteiger partial charge in [0.1, 0.15) is 36.9 Å². The van der Waals surface area contributed by atoms with Crippen LogP contribution in [0.2, 0.25) is 0 Å². The summed E-state index contributed by atoms with van der Waals surface area (Å²) in [6.45, 7) is 1.84. The zero-order valence-electron chi connectivity index (χ0n) is 41.4. The lowest BCUT2D eigenvalue weighted by atomic mass is 9.82. The fraction of sp³-hybridized carbons (Fsp3) is 0.353. The molecule has 398 valence electrons. The fourth-order valence-corrected chi connectivity index (χ4v) is 8.03. The Kier molecular flexibility index (Phi) is 20.5. The van der Waals surface area contributed by atoms with Crippen molar-refractivity contribution in [3.8, 4) is 11.1 Å². The van der Waals surface area contributed by atoms with Gasteiger partial charge in [-0.2, -0.15) is 0 Å². The molecule has 0 bridgehead atoms.